The van der Waals surface area contributed by atoms with E-state index in [9.17, 15) is 31.1 Å². The van der Waals surface area contributed by atoms with Gasteiger partial charge in [-0.2, -0.15) is 22.0 Å². The van der Waals surface area contributed by atoms with Crippen molar-refractivity contribution in [3.05, 3.63) is 0 Å². The normalized spacial score (nSPS) is 17.4. The quantitative estimate of drug-likeness (QED) is 0.579. The van der Waals surface area contributed by atoms with Gasteiger partial charge in [-0.05, 0) is 15.9 Å². The minimum absolute atomic E-state index is 1.27. The molecule has 10 heteroatoms. The van der Waals surface area contributed by atoms with Crippen molar-refractivity contribution < 1.29 is 35.4 Å². The van der Waals surface area contributed by atoms with Crippen LogP contribution in [-0.2, 0) is 9.08 Å². The highest BCUT2D eigenvalue weighted by molar-refractivity contribution is 9.10. The fourth-order valence-electron chi connectivity index (χ4n) is 0.355. The smallest absolute Gasteiger partial charge is 0.343 e. The molecule has 1 atom stereocenters. The lowest BCUT2D eigenvalue weighted by atomic mass is 10.2. The number of rotatable bonds is 2. The second-order valence-electron chi connectivity index (χ2n) is 2.01. The Bertz CT molecular complexity index is 238. The van der Waals surface area contributed by atoms with Gasteiger partial charge in [0.05, 0.1) is 0 Å². The zero-order valence-electron chi connectivity index (χ0n) is 5.84. The largest absolute Gasteiger partial charge is 0.458 e. The Labute approximate surface area is 86.4 Å². The van der Waals surface area contributed by atoms with Gasteiger partial charge in [-0.15, -0.1) is 0 Å². The summed E-state index contributed by atoms with van der Waals surface area (Å²) in [4.78, 5) is 10.2. The van der Waals surface area contributed by atoms with E-state index in [4.69, 9.17) is 0 Å². The summed E-state index contributed by atoms with van der Waals surface area (Å²) in [5.41, 5.74) is 0. The van der Waals surface area contributed by atoms with Crippen LogP contribution >= 0.6 is 27.8 Å². The maximum absolute atomic E-state index is 12.6. The molecular formula is C4BrClF6O2. The molecule has 0 aromatic carbocycles. The van der Waals surface area contributed by atoms with Crippen LogP contribution in [0.25, 0.3) is 0 Å². The second kappa shape index (κ2) is 3.76. The Morgan fingerprint density at radius 3 is 1.71 bits per heavy atom. The van der Waals surface area contributed by atoms with Crippen LogP contribution in [0.4, 0.5) is 26.3 Å². The predicted molar refractivity (Wildman–Crippen MR) is 35.7 cm³/mol. The molecule has 0 heterocycles. The van der Waals surface area contributed by atoms with Crippen molar-refractivity contribution in [1.82, 2.24) is 0 Å². The van der Waals surface area contributed by atoms with E-state index in [-0.39, 0.29) is 0 Å². The van der Waals surface area contributed by atoms with Crippen LogP contribution in [-0.4, -0.2) is 22.6 Å². The predicted octanol–water partition coefficient (Wildman–Crippen LogP) is 2.94. The van der Waals surface area contributed by atoms with Gasteiger partial charge in [-0.25, -0.2) is 9.18 Å². The molecule has 2 nitrogen and oxygen atoms in total. The molecule has 0 spiro atoms. The van der Waals surface area contributed by atoms with E-state index in [1.807, 2.05) is 0 Å². The number of carbonyl (C=O) groups excluding carboxylic acids is 1. The van der Waals surface area contributed by atoms with Crippen LogP contribution in [0.3, 0.4) is 0 Å². The summed E-state index contributed by atoms with van der Waals surface area (Å²) >= 11 is 5.44. The molecule has 0 bridgehead atoms. The Morgan fingerprint density at radius 2 is 1.50 bits per heavy atom. The summed E-state index contributed by atoms with van der Waals surface area (Å²) in [5, 5.41) is 0. The highest BCUT2D eigenvalue weighted by Gasteiger charge is 2.75. The Balaban J connectivity index is 5.18. The van der Waals surface area contributed by atoms with Crippen molar-refractivity contribution in [2.45, 2.75) is 16.7 Å². The molecule has 0 rings (SSSR count). The Morgan fingerprint density at radius 1 is 1.14 bits per heavy atom. The third-order valence-corrected chi connectivity index (χ3v) is 2.04. The number of alkyl halides is 7. The van der Waals surface area contributed by atoms with Gasteiger partial charge in [0.25, 0.3) is 0 Å². The first kappa shape index (κ1) is 13.8. The summed E-state index contributed by atoms with van der Waals surface area (Å²) in [6, 6.07) is 0. The molecule has 0 amide bonds. The van der Waals surface area contributed by atoms with Crippen LogP contribution in [0.2, 0.25) is 0 Å². The molecule has 0 aliphatic carbocycles. The van der Waals surface area contributed by atoms with Crippen molar-refractivity contribution >= 4 is 33.8 Å². The molecular weight excluding hydrogens is 309 g/mol. The van der Waals surface area contributed by atoms with Crippen LogP contribution in [0.15, 0.2) is 0 Å². The van der Waals surface area contributed by atoms with Gasteiger partial charge in [0, 0.05) is 0 Å². The fourth-order valence-corrected chi connectivity index (χ4v) is 0.860. The molecule has 0 aliphatic heterocycles. The maximum atomic E-state index is 12.6. The van der Waals surface area contributed by atoms with Crippen molar-refractivity contribution in [1.29, 1.82) is 0 Å². The molecule has 0 N–H and O–H groups in total. The van der Waals surface area contributed by atoms with E-state index in [0.29, 0.717) is 0 Å². The van der Waals surface area contributed by atoms with Crippen molar-refractivity contribution in [3.8, 4) is 0 Å². The van der Waals surface area contributed by atoms with E-state index in [1.54, 1.807) is 0 Å². The first-order valence-corrected chi connectivity index (χ1v) is 3.74. The van der Waals surface area contributed by atoms with E-state index >= 15 is 0 Å². The van der Waals surface area contributed by atoms with Gasteiger partial charge in [0.15, 0.2) is 0 Å². The maximum Gasteiger partial charge on any atom is 0.458 e. The average molecular weight is 309 g/mol. The molecule has 0 aromatic heterocycles. The molecule has 14 heavy (non-hydrogen) atoms. The van der Waals surface area contributed by atoms with Gasteiger partial charge >= 0.3 is 22.6 Å². The van der Waals surface area contributed by atoms with Crippen LogP contribution < -0.4 is 0 Å². The number of carbonyl (C=O) groups is 1. The van der Waals surface area contributed by atoms with Gasteiger partial charge in [-0.3, -0.25) is 0 Å². The summed E-state index contributed by atoms with van der Waals surface area (Å²) in [6.07, 6.45) is -6.25. The third-order valence-electron chi connectivity index (χ3n) is 1.08. The summed E-state index contributed by atoms with van der Waals surface area (Å²) in [5.74, 6) is -8.55. The standard InChI is InChI=1S/C4BrClF6O2/c5-2(7,1(13)14-6)3(8,9)4(10,11)12. The second-order valence-corrected chi connectivity index (χ2v) is 3.26. The zero-order valence-corrected chi connectivity index (χ0v) is 8.18. The van der Waals surface area contributed by atoms with Crippen molar-refractivity contribution in [3.63, 3.8) is 0 Å². The first-order chi connectivity index (χ1) is 5.98. The van der Waals surface area contributed by atoms with Gasteiger partial charge in [0.2, 0.25) is 0 Å². The molecule has 1 unspecified atom stereocenters. The highest BCUT2D eigenvalue weighted by Crippen LogP contribution is 2.49. The lowest BCUT2D eigenvalue weighted by molar-refractivity contribution is -0.306. The topological polar surface area (TPSA) is 26.3 Å². The molecule has 84 valence electrons. The van der Waals surface area contributed by atoms with Crippen molar-refractivity contribution in [2.75, 3.05) is 0 Å². The summed E-state index contributed by atoms with van der Waals surface area (Å²) < 4.78 is 70.0. The molecule has 0 fully saturated rings. The number of hydrogen-bond acceptors (Lipinski definition) is 2. The lowest BCUT2D eigenvalue weighted by Gasteiger charge is -2.26. The molecule has 0 radical (unpaired) electrons. The molecule has 0 aliphatic rings. The third kappa shape index (κ3) is 2.08. The van der Waals surface area contributed by atoms with Crippen LogP contribution in [0, 0.1) is 0 Å². The lowest BCUT2D eigenvalue weighted by Crippen LogP contribution is -2.55. The van der Waals surface area contributed by atoms with Crippen molar-refractivity contribution in [2.24, 2.45) is 0 Å². The summed E-state index contributed by atoms with van der Waals surface area (Å²) in [6.45, 7) is 0. The highest BCUT2D eigenvalue weighted by atomic mass is 79.9. The van der Waals surface area contributed by atoms with E-state index in [2.05, 4.69) is 16.2 Å². The SMILES string of the molecule is O=C(OCl)C(F)(Br)C(F)(F)C(F)(F)F. The van der Waals surface area contributed by atoms with Gasteiger partial charge in [-0.1, -0.05) is 0 Å². The minimum atomic E-state index is -6.25. The monoisotopic (exact) mass is 308 g/mol. The number of hydrogen-bond donors (Lipinski definition) is 0. The summed E-state index contributed by atoms with van der Waals surface area (Å²) in [7, 11) is 0. The van der Waals surface area contributed by atoms with Gasteiger partial charge in [0.1, 0.15) is 11.9 Å². The molecule has 0 saturated carbocycles. The van der Waals surface area contributed by atoms with Crippen LogP contribution in [0.1, 0.15) is 0 Å². The van der Waals surface area contributed by atoms with Gasteiger partial charge < -0.3 is 4.29 Å². The molecule has 0 aromatic rings. The first-order valence-electron chi connectivity index (χ1n) is 2.64. The Kier molecular flexibility index (Phi) is 3.71. The zero-order chi connectivity index (χ0) is 11.8. The molecule has 0 saturated heterocycles. The minimum Gasteiger partial charge on any atom is -0.343 e. The van der Waals surface area contributed by atoms with E-state index in [0.717, 1.165) is 0 Å². The van der Waals surface area contributed by atoms with Crippen LogP contribution in [0.5, 0.6) is 0 Å². The van der Waals surface area contributed by atoms with E-state index < -0.39 is 22.6 Å². The number of halogens is 8. The Hall–Kier alpha value is -0.180. The fraction of sp³-hybridized carbons (Fsp3) is 0.750. The van der Waals surface area contributed by atoms with E-state index in [1.165, 1.54) is 15.9 Å². The average Bonchev–Trinajstić information content (AvgIpc) is 2.00.